The first-order valence-corrected chi connectivity index (χ1v) is 5.93. The average molecular weight is 213 g/mol. The highest BCUT2D eigenvalue weighted by Crippen LogP contribution is 2.50. The summed E-state index contributed by atoms with van der Waals surface area (Å²) in [7, 11) is 0. The lowest BCUT2D eigenvalue weighted by atomic mass is 10.1. The summed E-state index contributed by atoms with van der Waals surface area (Å²) in [6.07, 6.45) is 1.35. The van der Waals surface area contributed by atoms with Crippen molar-refractivity contribution in [2.24, 2.45) is 11.3 Å². The van der Waals surface area contributed by atoms with E-state index in [0.717, 1.165) is 24.6 Å². The number of nitrogens with one attached hydrogen (secondary N) is 1. The molecule has 0 bridgehead atoms. The summed E-state index contributed by atoms with van der Waals surface area (Å²) in [5, 5.41) is 3.40. The molecule has 0 aromatic heterocycles. The van der Waals surface area contributed by atoms with Crippen LogP contribution in [0.5, 0.6) is 0 Å². The summed E-state index contributed by atoms with van der Waals surface area (Å²) < 4.78 is 0. The Bertz CT molecular complexity index is 394. The molecule has 2 rings (SSSR count). The molecule has 1 nitrogen and oxygen atoms in total. The van der Waals surface area contributed by atoms with Gasteiger partial charge in [0, 0.05) is 5.56 Å². The summed E-state index contributed by atoms with van der Waals surface area (Å²) in [6, 6.07) is 10.1. The molecule has 1 aromatic rings. The summed E-state index contributed by atoms with van der Waals surface area (Å²) in [5.41, 5.74) is 1.66. The maximum Gasteiger partial charge on any atom is 0.0580 e. The summed E-state index contributed by atoms with van der Waals surface area (Å²) in [5.74, 6) is 7.15. The molecule has 1 atom stereocenters. The van der Waals surface area contributed by atoms with E-state index >= 15 is 0 Å². The minimum atomic E-state index is 0.569. The molecule has 1 unspecified atom stereocenters. The van der Waals surface area contributed by atoms with Crippen LogP contribution in [-0.2, 0) is 0 Å². The number of rotatable bonds is 3. The Morgan fingerprint density at radius 3 is 2.62 bits per heavy atom. The fourth-order valence-corrected chi connectivity index (χ4v) is 1.90. The van der Waals surface area contributed by atoms with Crippen LogP contribution >= 0.6 is 0 Å². The molecule has 0 heterocycles. The van der Waals surface area contributed by atoms with Gasteiger partial charge in [-0.05, 0) is 36.4 Å². The third-order valence-corrected chi connectivity index (χ3v) is 3.33. The van der Waals surface area contributed by atoms with Crippen LogP contribution in [0.4, 0.5) is 0 Å². The molecule has 0 spiro atoms. The van der Waals surface area contributed by atoms with Crippen LogP contribution in [0.1, 0.15) is 25.8 Å². The van der Waals surface area contributed by atoms with Gasteiger partial charge in [0.2, 0.25) is 0 Å². The Balaban J connectivity index is 1.67. The van der Waals surface area contributed by atoms with Gasteiger partial charge in [-0.3, -0.25) is 0 Å². The normalized spacial score (nSPS) is 21.0. The van der Waals surface area contributed by atoms with E-state index < -0.39 is 0 Å². The van der Waals surface area contributed by atoms with Crippen LogP contribution in [0.3, 0.4) is 0 Å². The zero-order chi connectivity index (χ0) is 11.4. The topological polar surface area (TPSA) is 12.0 Å². The molecule has 1 aliphatic carbocycles. The van der Waals surface area contributed by atoms with E-state index in [0.29, 0.717) is 5.41 Å². The number of benzene rings is 1. The Morgan fingerprint density at radius 2 is 2.00 bits per heavy atom. The first kappa shape index (κ1) is 11.2. The lowest BCUT2D eigenvalue weighted by molar-refractivity contribution is 0.533. The van der Waals surface area contributed by atoms with E-state index in [9.17, 15) is 0 Å². The zero-order valence-corrected chi connectivity index (χ0v) is 10.1. The molecule has 0 amide bonds. The molecule has 0 aliphatic heterocycles. The van der Waals surface area contributed by atoms with Crippen molar-refractivity contribution in [2.45, 2.75) is 20.3 Å². The molecule has 1 N–H and O–H groups in total. The summed E-state index contributed by atoms with van der Waals surface area (Å²) in [4.78, 5) is 0. The first-order valence-electron chi connectivity index (χ1n) is 5.93. The van der Waals surface area contributed by atoms with E-state index in [-0.39, 0.29) is 0 Å². The van der Waals surface area contributed by atoms with Gasteiger partial charge in [0.1, 0.15) is 0 Å². The molecule has 0 radical (unpaired) electrons. The van der Waals surface area contributed by atoms with Gasteiger partial charge in [-0.2, -0.15) is 0 Å². The maximum atomic E-state index is 3.40. The molecule has 1 fully saturated rings. The monoisotopic (exact) mass is 213 g/mol. The van der Waals surface area contributed by atoms with Crippen molar-refractivity contribution < 1.29 is 0 Å². The third kappa shape index (κ3) is 3.12. The SMILES string of the molecule is CC1(C)CC1CNCC#Cc1ccccc1. The van der Waals surface area contributed by atoms with Gasteiger partial charge in [-0.15, -0.1) is 0 Å². The second-order valence-electron chi connectivity index (χ2n) is 5.19. The van der Waals surface area contributed by atoms with Crippen molar-refractivity contribution in [1.82, 2.24) is 5.32 Å². The first-order chi connectivity index (χ1) is 7.68. The highest BCUT2D eigenvalue weighted by atomic mass is 14.9. The molecule has 16 heavy (non-hydrogen) atoms. The molecule has 1 aromatic carbocycles. The highest BCUT2D eigenvalue weighted by molar-refractivity contribution is 5.33. The maximum absolute atomic E-state index is 3.40. The summed E-state index contributed by atoms with van der Waals surface area (Å²) in [6.45, 7) is 6.56. The fraction of sp³-hybridized carbons (Fsp3) is 0.467. The Morgan fingerprint density at radius 1 is 1.31 bits per heavy atom. The molecule has 84 valence electrons. The molecular formula is C15H19N. The average Bonchev–Trinajstić information content (AvgIpc) is 2.87. The molecule has 0 saturated heterocycles. The predicted molar refractivity (Wildman–Crippen MR) is 68.1 cm³/mol. The quantitative estimate of drug-likeness (QED) is 0.601. The van der Waals surface area contributed by atoms with Gasteiger partial charge >= 0.3 is 0 Å². The second-order valence-corrected chi connectivity index (χ2v) is 5.19. The predicted octanol–water partition coefficient (Wildman–Crippen LogP) is 2.67. The standard InChI is InChI=1S/C15H19N/c1-15(2)11-14(15)12-16-10-6-9-13-7-4-3-5-8-13/h3-5,7-8,14,16H,10-12H2,1-2H3. The van der Waals surface area contributed by atoms with Gasteiger partial charge in [-0.25, -0.2) is 0 Å². The second kappa shape index (κ2) is 4.72. The number of hydrogen-bond acceptors (Lipinski definition) is 1. The van der Waals surface area contributed by atoms with E-state index in [1.807, 2.05) is 30.3 Å². The van der Waals surface area contributed by atoms with Crippen molar-refractivity contribution in [1.29, 1.82) is 0 Å². The smallest absolute Gasteiger partial charge is 0.0580 e. The van der Waals surface area contributed by atoms with E-state index in [1.54, 1.807) is 0 Å². The van der Waals surface area contributed by atoms with Crippen molar-refractivity contribution in [3.05, 3.63) is 35.9 Å². The van der Waals surface area contributed by atoms with Gasteiger partial charge in [-0.1, -0.05) is 43.9 Å². The molecule has 1 aliphatic rings. The van der Waals surface area contributed by atoms with Gasteiger partial charge in [0.05, 0.1) is 6.54 Å². The Kier molecular flexibility index (Phi) is 3.31. The van der Waals surface area contributed by atoms with Crippen LogP contribution in [0.15, 0.2) is 30.3 Å². The van der Waals surface area contributed by atoms with E-state index in [1.165, 1.54) is 6.42 Å². The molecule has 1 saturated carbocycles. The van der Waals surface area contributed by atoms with Gasteiger partial charge < -0.3 is 5.32 Å². The lowest BCUT2D eigenvalue weighted by Gasteiger charge is -2.02. The van der Waals surface area contributed by atoms with Crippen molar-refractivity contribution in [3.8, 4) is 11.8 Å². The molecule has 1 heteroatoms. The van der Waals surface area contributed by atoms with E-state index in [4.69, 9.17) is 0 Å². The van der Waals surface area contributed by atoms with Crippen molar-refractivity contribution in [2.75, 3.05) is 13.1 Å². The largest absolute Gasteiger partial charge is 0.306 e. The van der Waals surface area contributed by atoms with E-state index in [2.05, 4.69) is 31.0 Å². The minimum absolute atomic E-state index is 0.569. The van der Waals surface area contributed by atoms with Gasteiger partial charge in [0.15, 0.2) is 0 Å². The van der Waals surface area contributed by atoms with Gasteiger partial charge in [0.25, 0.3) is 0 Å². The van der Waals surface area contributed by atoms with Crippen LogP contribution in [0.25, 0.3) is 0 Å². The molecular weight excluding hydrogens is 194 g/mol. The van der Waals surface area contributed by atoms with Crippen LogP contribution < -0.4 is 5.32 Å². The van der Waals surface area contributed by atoms with Crippen LogP contribution in [0.2, 0.25) is 0 Å². The van der Waals surface area contributed by atoms with Crippen molar-refractivity contribution in [3.63, 3.8) is 0 Å². The zero-order valence-electron chi connectivity index (χ0n) is 10.1. The van der Waals surface area contributed by atoms with Crippen molar-refractivity contribution >= 4 is 0 Å². The fourth-order valence-electron chi connectivity index (χ4n) is 1.90. The van der Waals surface area contributed by atoms with Crippen LogP contribution in [-0.4, -0.2) is 13.1 Å². The minimum Gasteiger partial charge on any atom is -0.306 e. The summed E-state index contributed by atoms with van der Waals surface area (Å²) >= 11 is 0. The Labute approximate surface area is 98.3 Å². The van der Waals surface area contributed by atoms with Crippen LogP contribution in [0, 0.1) is 23.2 Å². The Hall–Kier alpha value is -1.26. The highest BCUT2D eigenvalue weighted by Gasteiger charge is 2.44. The number of hydrogen-bond donors (Lipinski definition) is 1. The lowest BCUT2D eigenvalue weighted by Crippen LogP contribution is -2.18. The third-order valence-electron chi connectivity index (χ3n) is 3.33.